The van der Waals surface area contributed by atoms with Gasteiger partial charge in [0, 0.05) is 35.4 Å². The van der Waals surface area contributed by atoms with Crippen LogP contribution >= 0.6 is 0 Å². The van der Waals surface area contributed by atoms with Crippen LogP contribution in [0.4, 0.5) is 17.2 Å². The summed E-state index contributed by atoms with van der Waals surface area (Å²) in [5.74, 6) is 0.907. The lowest BCUT2D eigenvalue weighted by Gasteiger charge is -2.17. The van der Waals surface area contributed by atoms with E-state index in [0.29, 0.717) is 0 Å². The summed E-state index contributed by atoms with van der Waals surface area (Å²) in [6.07, 6.45) is 5.51. The molecule has 0 saturated heterocycles. The Kier molecular flexibility index (Phi) is 3.04. The number of pyridine rings is 2. The highest BCUT2D eigenvalue weighted by atomic mass is 15.3. The molecule has 22 heavy (non-hydrogen) atoms. The highest BCUT2D eigenvalue weighted by Gasteiger charge is 2.26. The Morgan fingerprint density at radius 3 is 2.41 bits per heavy atom. The van der Waals surface area contributed by atoms with Crippen LogP contribution in [0.15, 0.2) is 67.1 Å². The Hall–Kier alpha value is -2.82. The Balaban J connectivity index is 1.68. The Morgan fingerprint density at radius 1 is 0.864 bits per heavy atom. The van der Waals surface area contributed by atoms with E-state index in [1.54, 1.807) is 6.20 Å². The van der Waals surface area contributed by atoms with Crippen LogP contribution in [0.1, 0.15) is 0 Å². The van der Waals surface area contributed by atoms with Gasteiger partial charge in [-0.2, -0.15) is 0 Å². The van der Waals surface area contributed by atoms with Gasteiger partial charge in [-0.15, -0.1) is 0 Å². The zero-order valence-corrected chi connectivity index (χ0v) is 12.2. The maximum atomic E-state index is 4.61. The first kappa shape index (κ1) is 12.9. The van der Waals surface area contributed by atoms with Gasteiger partial charge in [0.15, 0.2) is 0 Å². The molecular weight excluding hydrogens is 271 g/mol. The minimum Gasteiger partial charge on any atom is -0.400 e. The zero-order valence-electron chi connectivity index (χ0n) is 12.2. The summed E-state index contributed by atoms with van der Waals surface area (Å²) in [7, 11) is 4.10. The molecule has 3 aromatic rings. The van der Waals surface area contributed by atoms with Crippen LogP contribution in [0.2, 0.25) is 0 Å². The van der Waals surface area contributed by atoms with E-state index in [0.717, 1.165) is 22.6 Å². The third kappa shape index (κ3) is 2.11. The largest absolute Gasteiger partial charge is 0.400 e. The van der Waals surface area contributed by atoms with Crippen molar-refractivity contribution < 1.29 is 0 Å². The van der Waals surface area contributed by atoms with Gasteiger partial charge in [0.25, 0.3) is 0 Å². The molecule has 2 aromatic heterocycles. The van der Waals surface area contributed by atoms with Gasteiger partial charge >= 0.3 is 7.55 Å². The minimum atomic E-state index is 0.907. The van der Waals surface area contributed by atoms with Crippen molar-refractivity contribution in [2.24, 2.45) is 0 Å². The highest BCUT2D eigenvalue weighted by Crippen LogP contribution is 2.37. The topological polar surface area (TPSA) is 32.3 Å². The predicted octanol–water partition coefficient (Wildman–Crippen LogP) is 3.27. The molecule has 0 amide bonds. The van der Waals surface area contributed by atoms with Crippen molar-refractivity contribution in [1.29, 1.82) is 0 Å². The van der Waals surface area contributed by atoms with E-state index in [1.165, 1.54) is 5.69 Å². The average Bonchev–Trinajstić information content (AvgIpc) is 2.93. The average molecular weight is 285 g/mol. The quantitative estimate of drug-likeness (QED) is 0.676. The van der Waals surface area contributed by atoms with Gasteiger partial charge in [-0.1, -0.05) is 18.2 Å². The smallest absolute Gasteiger partial charge is 0.397 e. The second kappa shape index (κ2) is 5.18. The number of para-hydroxylation sites is 2. The number of aromatic nitrogens is 2. The third-order valence-corrected chi connectivity index (χ3v) is 3.80. The van der Waals surface area contributed by atoms with E-state index in [9.17, 15) is 0 Å². The second-order valence-corrected chi connectivity index (χ2v) is 5.23. The van der Waals surface area contributed by atoms with Crippen LogP contribution in [0.3, 0.4) is 0 Å². The molecule has 5 heteroatoms. The molecule has 0 atom stereocenters. The molecule has 1 aliphatic heterocycles. The Labute approximate surface area is 130 Å². The molecule has 0 saturated carbocycles. The molecule has 0 spiro atoms. The minimum absolute atomic E-state index is 0.907. The van der Waals surface area contributed by atoms with E-state index < -0.39 is 0 Å². The monoisotopic (exact) mass is 285 g/mol. The highest BCUT2D eigenvalue weighted by molar-refractivity contribution is 6.52. The normalized spacial score (nSPS) is 13.0. The molecule has 4 nitrogen and oxygen atoms in total. The number of hydrogen-bond donors (Lipinski definition) is 0. The number of hydrogen-bond acceptors (Lipinski definition) is 4. The summed E-state index contributed by atoms with van der Waals surface area (Å²) in [4.78, 5) is 13.0. The molecule has 1 aromatic carbocycles. The lowest BCUT2D eigenvalue weighted by molar-refractivity contribution is 1.24. The first-order valence-corrected chi connectivity index (χ1v) is 7.15. The third-order valence-electron chi connectivity index (χ3n) is 3.80. The van der Waals surface area contributed by atoms with Crippen LogP contribution in [-0.4, -0.2) is 24.6 Å². The molecule has 0 aliphatic carbocycles. The first-order valence-electron chi connectivity index (χ1n) is 7.15. The lowest BCUT2D eigenvalue weighted by atomic mass is 10.1. The number of fused-ring (bicyclic) bond motifs is 1. The molecule has 0 N–H and O–H groups in total. The lowest BCUT2D eigenvalue weighted by Crippen LogP contribution is -2.29. The number of rotatable bonds is 2. The summed E-state index contributed by atoms with van der Waals surface area (Å²) < 4.78 is 0. The fraction of sp³-hybridized carbons (Fsp3) is 0.0588. The van der Waals surface area contributed by atoms with Gasteiger partial charge < -0.3 is 9.62 Å². The van der Waals surface area contributed by atoms with E-state index in [1.807, 2.05) is 49.8 Å². The molecule has 3 heterocycles. The van der Waals surface area contributed by atoms with Crippen molar-refractivity contribution in [3.8, 4) is 11.1 Å². The summed E-state index contributed by atoms with van der Waals surface area (Å²) >= 11 is 0. The molecule has 1 radical (unpaired) electrons. The van der Waals surface area contributed by atoms with Gasteiger partial charge in [0.05, 0.1) is 5.69 Å². The first-order chi connectivity index (χ1) is 10.8. The second-order valence-electron chi connectivity index (χ2n) is 5.23. The van der Waals surface area contributed by atoms with Crippen LogP contribution in [-0.2, 0) is 0 Å². The Bertz CT molecular complexity index is 789. The van der Waals surface area contributed by atoms with Gasteiger partial charge in [-0.05, 0) is 37.4 Å². The van der Waals surface area contributed by atoms with E-state index in [4.69, 9.17) is 0 Å². The van der Waals surface area contributed by atoms with Crippen molar-refractivity contribution in [2.45, 2.75) is 0 Å². The molecule has 1 aliphatic rings. The van der Waals surface area contributed by atoms with Gasteiger partial charge in [0.1, 0.15) is 5.82 Å². The SMILES string of the molecule is CN1[B]N(c2ccc(-c3cccnc3)cn2)c2ccccc21. The van der Waals surface area contributed by atoms with E-state index in [2.05, 4.69) is 45.3 Å². The van der Waals surface area contributed by atoms with Crippen LogP contribution in [0.25, 0.3) is 11.1 Å². The fourth-order valence-electron chi connectivity index (χ4n) is 2.68. The molecular formula is C17H14BN4. The zero-order chi connectivity index (χ0) is 14.9. The molecule has 4 rings (SSSR count). The van der Waals surface area contributed by atoms with Gasteiger partial charge in [-0.25, -0.2) is 4.98 Å². The Morgan fingerprint density at radius 2 is 1.68 bits per heavy atom. The molecule has 0 unspecified atom stereocenters. The molecule has 0 bridgehead atoms. The van der Waals surface area contributed by atoms with Crippen LogP contribution in [0, 0.1) is 0 Å². The van der Waals surface area contributed by atoms with Crippen molar-refractivity contribution in [2.75, 3.05) is 16.7 Å². The summed E-state index contributed by atoms with van der Waals surface area (Å²) in [5.41, 5.74) is 4.47. The molecule has 0 fully saturated rings. The van der Waals surface area contributed by atoms with E-state index >= 15 is 0 Å². The summed E-state index contributed by atoms with van der Waals surface area (Å²) in [5, 5.41) is 0. The summed E-state index contributed by atoms with van der Waals surface area (Å²) in [6, 6.07) is 16.4. The van der Waals surface area contributed by atoms with Crippen LogP contribution < -0.4 is 9.62 Å². The summed E-state index contributed by atoms with van der Waals surface area (Å²) in [6.45, 7) is 0. The predicted molar refractivity (Wildman–Crippen MR) is 90.2 cm³/mol. The standard InChI is InChI=1S/C17H14BN4/c1-21-15-6-2-3-7-16(15)22(18-21)17-9-8-14(12-20-17)13-5-4-10-19-11-13/h2-12H,1H3. The fourth-order valence-corrected chi connectivity index (χ4v) is 2.68. The maximum absolute atomic E-state index is 4.61. The van der Waals surface area contributed by atoms with Crippen molar-refractivity contribution in [3.63, 3.8) is 0 Å². The van der Waals surface area contributed by atoms with Crippen LogP contribution in [0.5, 0.6) is 0 Å². The van der Waals surface area contributed by atoms with Gasteiger partial charge in [0.2, 0.25) is 0 Å². The number of nitrogens with zero attached hydrogens (tertiary/aromatic N) is 4. The van der Waals surface area contributed by atoms with Crippen molar-refractivity contribution in [1.82, 2.24) is 9.97 Å². The number of benzene rings is 1. The number of anilines is 3. The van der Waals surface area contributed by atoms with Crippen molar-refractivity contribution in [3.05, 3.63) is 67.1 Å². The van der Waals surface area contributed by atoms with Gasteiger partial charge in [-0.3, -0.25) is 4.98 Å². The molecule has 105 valence electrons. The van der Waals surface area contributed by atoms with Crippen molar-refractivity contribution >= 4 is 24.7 Å². The maximum Gasteiger partial charge on any atom is 0.397 e. The van der Waals surface area contributed by atoms with E-state index in [-0.39, 0.29) is 0 Å².